The zero-order valence-electron chi connectivity index (χ0n) is 10.7. The van der Waals surface area contributed by atoms with Crippen LogP contribution in [0.2, 0.25) is 0 Å². The maximum absolute atomic E-state index is 12.3. The average Bonchev–Trinajstić information content (AvgIpc) is 2.90. The summed E-state index contributed by atoms with van der Waals surface area (Å²) in [7, 11) is 0. The molecule has 2 heterocycles. The number of benzene rings is 2. The smallest absolute Gasteiger partial charge is 0.256 e. The lowest BCUT2D eigenvalue weighted by Crippen LogP contribution is -2.17. The highest BCUT2D eigenvalue weighted by atomic mass is 16.1. The number of rotatable bonds is 1. The molecule has 0 fully saturated rings. The second-order valence-corrected chi connectivity index (χ2v) is 4.81. The van der Waals surface area contributed by atoms with Crippen molar-refractivity contribution in [2.45, 2.75) is 0 Å². The topological polar surface area (TPSA) is 37.8 Å². The summed E-state index contributed by atoms with van der Waals surface area (Å²) in [4.78, 5) is 15.6. The molecule has 3 nitrogen and oxygen atoms in total. The van der Waals surface area contributed by atoms with Crippen LogP contribution in [0.25, 0.3) is 27.6 Å². The van der Waals surface area contributed by atoms with Crippen molar-refractivity contribution in [1.29, 1.82) is 0 Å². The molecule has 0 atom stereocenters. The maximum Gasteiger partial charge on any atom is 0.256 e. The summed E-state index contributed by atoms with van der Waals surface area (Å²) in [6.07, 6.45) is 0. The lowest BCUT2D eigenvalue weighted by atomic mass is 10.2. The van der Waals surface area contributed by atoms with Gasteiger partial charge in [0.25, 0.3) is 5.56 Å². The summed E-state index contributed by atoms with van der Waals surface area (Å²) in [6.45, 7) is 0. The van der Waals surface area contributed by atoms with Gasteiger partial charge in [-0.25, -0.2) is 0 Å². The quantitative estimate of drug-likeness (QED) is 0.559. The summed E-state index contributed by atoms with van der Waals surface area (Å²) in [5.74, 6) is 0.799. The Kier molecular flexibility index (Phi) is 2.27. The first kappa shape index (κ1) is 11.1. The molecule has 0 unspecified atom stereocenters. The molecular formula is C17H12N2O. The minimum atomic E-state index is -0.0322. The first-order chi connectivity index (χ1) is 9.83. The molecule has 1 N–H and O–H groups in total. The first-order valence-corrected chi connectivity index (χ1v) is 6.52. The van der Waals surface area contributed by atoms with E-state index in [0.29, 0.717) is 0 Å². The van der Waals surface area contributed by atoms with E-state index < -0.39 is 0 Å². The normalized spacial score (nSPS) is 11.2. The molecular weight excluding hydrogens is 248 g/mol. The van der Waals surface area contributed by atoms with E-state index in [4.69, 9.17) is 0 Å². The Bertz CT molecular complexity index is 946. The van der Waals surface area contributed by atoms with E-state index >= 15 is 0 Å². The molecule has 0 bridgehead atoms. The zero-order valence-corrected chi connectivity index (χ0v) is 10.7. The standard InChI is InChI=1S/C17H12N2O/c20-17-10-9-12-5-2-4-8-15(12)19(17)16-11-13-6-1-3-7-14(13)18-16/h1-11,18H. The molecule has 4 aromatic rings. The predicted molar refractivity (Wildman–Crippen MR) is 81.4 cm³/mol. The summed E-state index contributed by atoms with van der Waals surface area (Å²) in [5, 5.41) is 2.15. The van der Waals surface area contributed by atoms with Gasteiger partial charge in [-0.2, -0.15) is 0 Å². The van der Waals surface area contributed by atoms with Crippen molar-refractivity contribution < 1.29 is 0 Å². The summed E-state index contributed by atoms with van der Waals surface area (Å²) in [6, 6.07) is 21.4. The van der Waals surface area contributed by atoms with Gasteiger partial charge in [0.1, 0.15) is 5.82 Å². The van der Waals surface area contributed by atoms with Crippen LogP contribution in [0.4, 0.5) is 0 Å². The molecule has 2 aromatic heterocycles. The fourth-order valence-electron chi connectivity index (χ4n) is 2.61. The molecule has 4 rings (SSSR count). The highest BCUT2D eigenvalue weighted by molar-refractivity contribution is 5.85. The third kappa shape index (κ3) is 1.57. The van der Waals surface area contributed by atoms with Crippen molar-refractivity contribution in [3.05, 3.63) is 77.1 Å². The van der Waals surface area contributed by atoms with Crippen molar-refractivity contribution in [3.8, 4) is 5.82 Å². The number of aromatic nitrogens is 2. The second-order valence-electron chi connectivity index (χ2n) is 4.81. The van der Waals surface area contributed by atoms with Gasteiger partial charge in [0, 0.05) is 17.0 Å². The Labute approximate surface area is 115 Å². The van der Waals surface area contributed by atoms with Crippen molar-refractivity contribution in [2.24, 2.45) is 0 Å². The molecule has 0 radical (unpaired) electrons. The van der Waals surface area contributed by atoms with Gasteiger partial charge in [-0.05, 0) is 29.7 Å². The van der Waals surface area contributed by atoms with Crippen LogP contribution in [0.3, 0.4) is 0 Å². The van der Waals surface area contributed by atoms with E-state index in [9.17, 15) is 4.79 Å². The van der Waals surface area contributed by atoms with Gasteiger partial charge < -0.3 is 4.98 Å². The molecule has 0 aliphatic rings. The van der Waals surface area contributed by atoms with Gasteiger partial charge in [-0.15, -0.1) is 0 Å². The van der Waals surface area contributed by atoms with Crippen molar-refractivity contribution in [1.82, 2.24) is 9.55 Å². The summed E-state index contributed by atoms with van der Waals surface area (Å²) in [5.41, 5.74) is 1.91. The number of fused-ring (bicyclic) bond motifs is 2. The van der Waals surface area contributed by atoms with Crippen LogP contribution in [0.15, 0.2) is 71.5 Å². The Morgan fingerprint density at radius 2 is 1.55 bits per heavy atom. The van der Waals surface area contributed by atoms with Gasteiger partial charge in [-0.3, -0.25) is 9.36 Å². The van der Waals surface area contributed by atoms with Gasteiger partial charge in [0.15, 0.2) is 0 Å². The predicted octanol–water partition coefficient (Wildman–Crippen LogP) is 3.47. The Balaban J connectivity index is 2.11. The Morgan fingerprint density at radius 3 is 2.40 bits per heavy atom. The summed E-state index contributed by atoms with van der Waals surface area (Å²) < 4.78 is 1.72. The molecule has 0 amide bonds. The number of pyridine rings is 1. The SMILES string of the molecule is O=c1ccc2ccccc2n1-c1cc2ccccc2[nH]1. The second kappa shape index (κ2) is 4.10. The molecule has 0 aliphatic heterocycles. The number of aromatic amines is 1. The van der Waals surface area contributed by atoms with Gasteiger partial charge in [0.05, 0.1) is 5.52 Å². The van der Waals surface area contributed by atoms with Crippen LogP contribution >= 0.6 is 0 Å². The van der Waals surface area contributed by atoms with Crippen LogP contribution in [-0.4, -0.2) is 9.55 Å². The Morgan fingerprint density at radius 1 is 0.800 bits per heavy atom. The lowest BCUT2D eigenvalue weighted by molar-refractivity contribution is 1.01. The fourth-order valence-corrected chi connectivity index (χ4v) is 2.61. The van der Waals surface area contributed by atoms with Crippen molar-refractivity contribution >= 4 is 21.8 Å². The molecule has 2 aromatic carbocycles. The van der Waals surface area contributed by atoms with E-state index in [1.54, 1.807) is 10.6 Å². The van der Waals surface area contributed by atoms with Gasteiger partial charge in [0.2, 0.25) is 0 Å². The number of hydrogen-bond acceptors (Lipinski definition) is 1. The minimum absolute atomic E-state index is 0.0322. The number of hydrogen-bond donors (Lipinski definition) is 1. The highest BCUT2D eigenvalue weighted by Gasteiger charge is 2.07. The largest absolute Gasteiger partial charge is 0.341 e. The average molecular weight is 260 g/mol. The van der Waals surface area contributed by atoms with Gasteiger partial charge in [-0.1, -0.05) is 36.4 Å². The monoisotopic (exact) mass is 260 g/mol. The van der Waals surface area contributed by atoms with E-state index in [1.165, 1.54) is 0 Å². The molecule has 0 saturated heterocycles. The van der Waals surface area contributed by atoms with Crippen molar-refractivity contribution in [2.75, 3.05) is 0 Å². The van der Waals surface area contributed by atoms with Crippen LogP contribution in [0.1, 0.15) is 0 Å². The Hall–Kier alpha value is -2.81. The molecule has 0 saturated carbocycles. The van der Waals surface area contributed by atoms with Crippen LogP contribution in [0, 0.1) is 0 Å². The minimum Gasteiger partial charge on any atom is -0.341 e. The van der Waals surface area contributed by atoms with Gasteiger partial charge >= 0.3 is 0 Å². The van der Waals surface area contributed by atoms with E-state index in [2.05, 4.69) is 4.98 Å². The van der Waals surface area contributed by atoms with Crippen LogP contribution in [0.5, 0.6) is 0 Å². The van der Waals surface area contributed by atoms with Crippen LogP contribution in [-0.2, 0) is 0 Å². The molecule has 96 valence electrons. The first-order valence-electron chi connectivity index (χ1n) is 6.52. The number of nitrogens with one attached hydrogen (secondary N) is 1. The molecule has 0 aliphatic carbocycles. The fraction of sp³-hybridized carbons (Fsp3) is 0. The number of para-hydroxylation sites is 2. The highest BCUT2D eigenvalue weighted by Crippen LogP contribution is 2.20. The summed E-state index contributed by atoms with van der Waals surface area (Å²) >= 11 is 0. The third-order valence-corrected chi connectivity index (χ3v) is 3.56. The molecule has 0 spiro atoms. The molecule has 20 heavy (non-hydrogen) atoms. The van der Waals surface area contributed by atoms with Crippen LogP contribution < -0.4 is 5.56 Å². The maximum atomic E-state index is 12.3. The number of nitrogens with zero attached hydrogens (tertiary/aromatic N) is 1. The number of H-pyrrole nitrogens is 1. The third-order valence-electron chi connectivity index (χ3n) is 3.56. The van der Waals surface area contributed by atoms with Crippen molar-refractivity contribution in [3.63, 3.8) is 0 Å². The molecule has 3 heteroatoms. The zero-order chi connectivity index (χ0) is 13.5. The lowest BCUT2D eigenvalue weighted by Gasteiger charge is -2.07. The van der Waals surface area contributed by atoms with E-state index in [1.807, 2.05) is 60.7 Å². The van der Waals surface area contributed by atoms with E-state index in [0.717, 1.165) is 27.6 Å². The van der Waals surface area contributed by atoms with E-state index in [-0.39, 0.29) is 5.56 Å².